The smallest absolute Gasteiger partial charge is 0.259 e. The molecule has 9 nitrogen and oxygen atoms in total. The zero-order valence-electron chi connectivity index (χ0n) is 22.5. The molecule has 1 aromatic heterocycles. The molecule has 0 saturated carbocycles. The second-order valence-corrected chi connectivity index (χ2v) is 10.2. The van der Waals surface area contributed by atoms with Crippen LogP contribution >= 0.6 is 0 Å². The fourth-order valence-electron chi connectivity index (χ4n) is 4.63. The summed E-state index contributed by atoms with van der Waals surface area (Å²) in [5, 5.41) is 9.89. The molecule has 2 aliphatic heterocycles. The molecule has 204 valence electrons. The van der Waals surface area contributed by atoms with Crippen molar-refractivity contribution in [3.8, 4) is 5.88 Å². The summed E-state index contributed by atoms with van der Waals surface area (Å²) in [6.45, 7) is 7.50. The number of ether oxygens (including phenoxy) is 2. The van der Waals surface area contributed by atoms with Gasteiger partial charge < -0.3 is 24.4 Å². The van der Waals surface area contributed by atoms with Gasteiger partial charge in [-0.1, -0.05) is 49.4 Å². The van der Waals surface area contributed by atoms with Crippen molar-refractivity contribution >= 4 is 24.0 Å². The SMILES string of the molecule is C[C@@H]1CN([C@@H](C)CO)C(=O)c2cc(C=Cc3ccccc3)cnc2O[C@@H]1CN(C)C(=O)CN1CCOCC1. The van der Waals surface area contributed by atoms with Crippen molar-refractivity contribution < 1.29 is 24.2 Å². The van der Waals surface area contributed by atoms with Gasteiger partial charge in [0.2, 0.25) is 11.8 Å². The lowest BCUT2D eigenvalue weighted by atomic mass is 9.99. The van der Waals surface area contributed by atoms with E-state index in [1.54, 1.807) is 29.1 Å². The zero-order chi connectivity index (χ0) is 27.1. The average molecular weight is 523 g/mol. The van der Waals surface area contributed by atoms with Gasteiger partial charge in [0.25, 0.3) is 5.91 Å². The van der Waals surface area contributed by atoms with Crippen LogP contribution in [-0.2, 0) is 9.53 Å². The van der Waals surface area contributed by atoms with Crippen molar-refractivity contribution in [3.63, 3.8) is 0 Å². The van der Waals surface area contributed by atoms with E-state index in [-0.39, 0.29) is 42.4 Å². The Labute approximate surface area is 224 Å². The Bertz CT molecular complexity index is 1120. The van der Waals surface area contributed by atoms with E-state index < -0.39 is 0 Å². The molecule has 1 aromatic carbocycles. The summed E-state index contributed by atoms with van der Waals surface area (Å²) in [5.74, 6) is -0.0752. The number of fused-ring (bicyclic) bond motifs is 1. The van der Waals surface area contributed by atoms with E-state index in [1.807, 2.05) is 56.3 Å². The normalized spacial score (nSPS) is 21.4. The second-order valence-electron chi connectivity index (χ2n) is 10.2. The van der Waals surface area contributed by atoms with Crippen molar-refractivity contribution in [1.29, 1.82) is 0 Å². The van der Waals surface area contributed by atoms with E-state index in [4.69, 9.17) is 9.47 Å². The van der Waals surface area contributed by atoms with E-state index in [1.165, 1.54) is 0 Å². The molecule has 1 fully saturated rings. The number of hydrogen-bond acceptors (Lipinski definition) is 7. The van der Waals surface area contributed by atoms with Crippen LogP contribution in [0.15, 0.2) is 42.6 Å². The van der Waals surface area contributed by atoms with Gasteiger partial charge in [0.1, 0.15) is 11.7 Å². The van der Waals surface area contributed by atoms with Crippen LogP contribution in [0.4, 0.5) is 0 Å². The molecule has 2 aromatic rings. The van der Waals surface area contributed by atoms with Crippen molar-refractivity contribution in [2.24, 2.45) is 5.92 Å². The maximum absolute atomic E-state index is 13.6. The number of aromatic nitrogens is 1. The highest BCUT2D eigenvalue weighted by atomic mass is 16.5. The van der Waals surface area contributed by atoms with Gasteiger partial charge in [0.15, 0.2) is 0 Å². The monoisotopic (exact) mass is 522 g/mol. The maximum Gasteiger partial charge on any atom is 0.259 e. The Balaban J connectivity index is 1.56. The first kappa shape index (κ1) is 27.8. The molecule has 4 rings (SSSR count). The van der Waals surface area contributed by atoms with Crippen LogP contribution in [0.2, 0.25) is 0 Å². The Morgan fingerprint density at radius 1 is 1.21 bits per heavy atom. The van der Waals surface area contributed by atoms with Crippen LogP contribution in [0.25, 0.3) is 12.2 Å². The van der Waals surface area contributed by atoms with Crippen LogP contribution in [0.3, 0.4) is 0 Å². The van der Waals surface area contributed by atoms with Crippen LogP contribution in [0.1, 0.15) is 35.3 Å². The number of carbonyl (C=O) groups excluding carboxylic acids is 2. The number of benzene rings is 1. The highest BCUT2D eigenvalue weighted by Gasteiger charge is 2.34. The number of aliphatic hydroxyl groups is 1. The van der Waals surface area contributed by atoms with E-state index in [9.17, 15) is 14.7 Å². The summed E-state index contributed by atoms with van der Waals surface area (Å²) < 4.78 is 11.7. The van der Waals surface area contributed by atoms with Crippen molar-refractivity contribution in [2.75, 3.05) is 59.6 Å². The lowest BCUT2D eigenvalue weighted by molar-refractivity contribution is -0.133. The predicted octanol–water partition coefficient (Wildman–Crippen LogP) is 2.26. The second kappa shape index (κ2) is 13.0. The number of carbonyl (C=O) groups is 2. The van der Waals surface area contributed by atoms with Crippen molar-refractivity contribution in [2.45, 2.75) is 26.0 Å². The van der Waals surface area contributed by atoms with Gasteiger partial charge in [-0.25, -0.2) is 4.98 Å². The molecule has 9 heteroatoms. The topological polar surface area (TPSA) is 95.4 Å². The van der Waals surface area contributed by atoms with Gasteiger partial charge in [-0.05, 0) is 24.1 Å². The minimum Gasteiger partial charge on any atom is -0.472 e. The van der Waals surface area contributed by atoms with Gasteiger partial charge in [-0.3, -0.25) is 14.5 Å². The summed E-state index contributed by atoms with van der Waals surface area (Å²) in [5.41, 5.74) is 2.15. The van der Waals surface area contributed by atoms with E-state index in [0.717, 1.165) is 24.2 Å². The molecule has 0 bridgehead atoms. The van der Waals surface area contributed by atoms with Gasteiger partial charge in [-0.2, -0.15) is 0 Å². The van der Waals surface area contributed by atoms with Crippen LogP contribution in [0, 0.1) is 5.92 Å². The summed E-state index contributed by atoms with van der Waals surface area (Å²) >= 11 is 0. The highest BCUT2D eigenvalue weighted by molar-refractivity contribution is 5.97. The van der Waals surface area contributed by atoms with Crippen LogP contribution < -0.4 is 4.74 Å². The molecular weight excluding hydrogens is 484 g/mol. The quantitative estimate of drug-likeness (QED) is 0.568. The predicted molar refractivity (Wildman–Crippen MR) is 146 cm³/mol. The third-order valence-corrected chi connectivity index (χ3v) is 7.15. The molecule has 2 amide bonds. The van der Waals surface area contributed by atoms with Crippen molar-refractivity contribution in [1.82, 2.24) is 19.7 Å². The molecule has 38 heavy (non-hydrogen) atoms. The van der Waals surface area contributed by atoms with E-state index >= 15 is 0 Å². The summed E-state index contributed by atoms with van der Waals surface area (Å²) in [6, 6.07) is 11.3. The first-order valence-electron chi connectivity index (χ1n) is 13.2. The van der Waals surface area contributed by atoms with Gasteiger partial charge >= 0.3 is 0 Å². The Morgan fingerprint density at radius 3 is 2.63 bits per heavy atom. The minimum atomic E-state index is -0.382. The van der Waals surface area contributed by atoms with E-state index in [0.29, 0.717) is 38.4 Å². The third kappa shape index (κ3) is 6.98. The summed E-state index contributed by atoms with van der Waals surface area (Å²) in [7, 11) is 1.78. The molecule has 2 aliphatic rings. The number of aliphatic hydroxyl groups excluding tert-OH is 1. The number of likely N-dealkylation sites (N-methyl/N-ethyl adjacent to an activating group) is 1. The number of morpholine rings is 1. The standard InChI is InChI=1S/C29H38N4O5/c1-21-17-33(22(2)20-34)29(36)25-15-24(10-9-23-7-5-4-6-8-23)16-30-28(25)38-26(21)18-31(3)27(35)19-32-11-13-37-14-12-32/h4-10,15-16,21-22,26,34H,11-14,17-20H2,1-3H3/t21-,22+,26-/m1/s1. The lowest BCUT2D eigenvalue weighted by Crippen LogP contribution is -2.51. The lowest BCUT2D eigenvalue weighted by Gasteiger charge is -2.38. The minimum absolute atomic E-state index is 0.0102. The molecule has 0 unspecified atom stereocenters. The molecule has 3 atom stereocenters. The van der Waals surface area contributed by atoms with E-state index in [2.05, 4.69) is 9.88 Å². The summed E-state index contributed by atoms with van der Waals surface area (Å²) in [6.07, 6.45) is 5.17. The van der Waals surface area contributed by atoms with Crippen LogP contribution in [0.5, 0.6) is 5.88 Å². The number of nitrogens with zero attached hydrogens (tertiary/aromatic N) is 4. The fourth-order valence-corrected chi connectivity index (χ4v) is 4.63. The molecular formula is C29H38N4O5. The largest absolute Gasteiger partial charge is 0.472 e. The Kier molecular flexibility index (Phi) is 9.49. The van der Waals surface area contributed by atoms with Crippen LogP contribution in [-0.4, -0.2) is 108 Å². The molecule has 3 heterocycles. The number of rotatable bonds is 8. The third-order valence-electron chi connectivity index (χ3n) is 7.15. The number of pyridine rings is 1. The molecule has 1 N–H and O–H groups in total. The molecule has 0 spiro atoms. The summed E-state index contributed by atoms with van der Waals surface area (Å²) in [4.78, 5) is 36.6. The fraction of sp³-hybridized carbons (Fsp3) is 0.483. The molecule has 0 aliphatic carbocycles. The number of amides is 2. The maximum atomic E-state index is 13.6. The molecule has 1 saturated heterocycles. The average Bonchev–Trinajstić information content (AvgIpc) is 2.94. The highest BCUT2D eigenvalue weighted by Crippen LogP contribution is 2.28. The van der Waals surface area contributed by atoms with Gasteiger partial charge in [0.05, 0.1) is 39.0 Å². The number of hydrogen-bond donors (Lipinski definition) is 1. The van der Waals surface area contributed by atoms with Gasteiger partial charge in [-0.15, -0.1) is 0 Å². The van der Waals surface area contributed by atoms with Crippen molar-refractivity contribution in [3.05, 3.63) is 59.3 Å². The zero-order valence-corrected chi connectivity index (χ0v) is 22.5. The first-order valence-corrected chi connectivity index (χ1v) is 13.2. The first-order chi connectivity index (χ1) is 18.4. The van der Waals surface area contributed by atoms with Gasteiger partial charge in [0, 0.05) is 38.8 Å². The Morgan fingerprint density at radius 2 is 1.92 bits per heavy atom. The molecule has 0 radical (unpaired) electrons. The Hall–Kier alpha value is -3.27.